The van der Waals surface area contributed by atoms with E-state index in [-0.39, 0.29) is 0 Å². The second kappa shape index (κ2) is 5.22. The molecule has 2 rings (SSSR count). The number of carbonyl (C=O) groups is 1. The first-order chi connectivity index (χ1) is 8.65. The summed E-state index contributed by atoms with van der Waals surface area (Å²) in [5.74, 6) is -0.423. The van der Waals surface area contributed by atoms with Gasteiger partial charge in [-0.3, -0.25) is 9.48 Å². The van der Waals surface area contributed by atoms with Gasteiger partial charge in [0.1, 0.15) is 0 Å². The molecule has 94 valence electrons. The molecule has 0 aliphatic heterocycles. The minimum absolute atomic E-state index is 0.423. The molecular weight excluding hydrogens is 230 g/mol. The molecule has 0 aliphatic carbocycles. The zero-order chi connectivity index (χ0) is 13.0. The van der Waals surface area contributed by atoms with Crippen LogP contribution in [-0.4, -0.2) is 22.2 Å². The van der Waals surface area contributed by atoms with Gasteiger partial charge in [-0.05, 0) is 24.3 Å². The van der Waals surface area contributed by atoms with Crippen molar-refractivity contribution in [3.05, 3.63) is 42.2 Å². The molecule has 2 aromatic rings. The third-order valence-electron chi connectivity index (χ3n) is 2.49. The monoisotopic (exact) mass is 245 g/mol. The quantitative estimate of drug-likeness (QED) is 0.721. The van der Waals surface area contributed by atoms with Gasteiger partial charge in [-0.2, -0.15) is 5.10 Å². The maximum Gasteiger partial charge on any atom is 0.248 e. The number of nitrogens with two attached hydrogens (primary N) is 2. The summed E-state index contributed by atoms with van der Waals surface area (Å²) >= 11 is 0. The largest absolute Gasteiger partial charge is 0.396 e. The summed E-state index contributed by atoms with van der Waals surface area (Å²) in [6, 6.07) is 7.02. The molecule has 1 amide bonds. The van der Waals surface area contributed by atoms with Crippen molar-refractivity contribution in [2.24, 2.45) is 5.73 Å². The molecule has 0 saturated heterocycles. The van der Waals surface area contributed by atoms with Crippen molar-refractivity contribution >= 4 is 17.3 Å². The summed E-state index contributed by atoms with van der Waals surface area (Å²) in [7, 11) is 0. The van der Waals surface area contributed by atoms with Gasteiger partial charge in [0.05, 0.1) is 18.4 Å². The van der Waals surface area contributed by atoms with Gasteiger partial charge in [0.2, 0.25) is 5.91 Å². The fourth-order valence-electron chi connectivity index (χ4n) is 1.57. The second-order valence-corrected chi connectivity index (χ2v) is 3.91. The number of anilines is 2. The van der Waals surface area contributed by atoms with Crippen LogP contribution in [0.4, 0.5) is 11.4 Å². The van der Waals surface area contributed by atoms with E-state index in [4.69, 9.17) is 11.5 Å². The summed E-state index contributed by atoms with van der Waals surface area (Å²) in [4.78, 5) is 10.9. The Hall–Kier alpha value is -2.50. The minimum atomic E-state index is -0.423. The topological polar surface area (TPSA) is 99.0 Å². The predicted octanol–water partition coefficient (Wildman–Crippen LogP) is 0.676. The fraction of sp³-hybridized carbons (Fsp3) is 0.167. The van der Waals surface area contributed by atoms with Crippen LogP contribution in [0.2, 0.25) is 0 Å². The van der Waals surface area contributed by atoms with Crippen molar-refractivity contribution in [2.45, 2.75) is 6.54 Å². The first kappa shape index (κ1) is 12.0. The Balaban J connectivity index is 1.85. The van der Waals surface area contributed by atoms with Crippen molar-refractivity contribution < 1.29 is 4.79 Å². The fourth-order valence-corrected chi connectivity index (χ4v) is 1.57. The number of nitrogens with one attached hydrogen (secondary N) is 1. The summed E-state index contributed by atoms with van der Waals surface area (Å²) in [5.41, 5.74) is 12.8. The van der Waals surface area contributed by atoms with Crippen molar-refractivity contribution in [2.75, 3.05) is 17.6 Å². The van der Waals surface area contributed by atoms with E-state index >= 15 is 0 Å². The number of hydrogen-bond acceptors (Lipinski definition) is 4. The number of primary amides is 1. The highest BCUT2D eigenvalue weighted by Crippen LogP contribution is 2.08. The van der Waals surface area contributed by atoms with Crippen LogP contribution < -0.4 is 16.8 Å². The number of amides is 1. The normalized spacial score (nSPS) is 10.2. The Morgan fingerprint density at radius 2 is 2.06 bits per heavy atom. The molecule has 0 unspecified atom stereocenters. The average molecular weight is 245 g/mol. The SMILES string of the molecule is NC(=O)c1ccc(NCCn2cc(N)cn2)cc1. The molecule has 0 aliphatic rings. The highest BCUT2D eigenvalue weighted by Gasteiger charge is 1.99. The molecule has 0 spiro atoms. The van der Waals surface area contributed by atoms with Gasteiger partial charge >= 0.3 is 0 Å². The molecule has 1 aromatic heterocycles. The molecule has 0 atom stereocenters. The molecule has 5 N–H and O–H groups in total. The first-order valence-electron chi connectivity index (χ1n) is 5.57. The molecule has 18 heavy (non-hydrogen) atoms. The Labute approximate surface area is 105 Å². The molecule has 1 aromatic carbocycles. The van der Waals surface area contributed by atoms with E-state index in [1.54, 1.807) is 29.2 Å². The zero-order valence-corrected chi connectivity index (χ0v) is 9.84. The molecule has 0 bridgehead atoms. The van der Waals surface area contributed by atoms with Gasteiger partial charge in [-0.1, -0.05) is 0 Å². The lowest BCUT2D eigenvalue weighted by molar-refractivity contribution is 0.100. The van der Waals surface area contributed by atoms with Crippen LogP contribution in [0.1, 0.15) is 10.4 Å². The maximum atomic E-state index is 10.9. The first-order valence-corrected chi connectivity index (χ1v) is 5.57. The number of nitrogen functional groups attached to an aromatic ring is 1. The molecule has 6 heteroatoms. The number of benzene rings is 1. The lowest BCUT2D eigenvalue weighted by Gasteiger charge is -2.06. The number of nitrogens with zero attached hydrogens (tertiary/aromatic N) is 2. The van der Waals surface area contributed by atoms with E-state index in [9.17, 15) is 4.79 Å². The predicted molar refractivity (Wildman–Crippen MR) is 70.1 cm³/mol. The van der Waals surface area contributed by atoms with Gasteiger partial charge in [-0.15, -0.1) is 0 Å². The van der Waals surface area contributed by atoms with Crippen molar-refractivity contribution in [3.8, 4) is 0 Å². The molecule has 1 heterocycles. The lowest BCUT2D eigenvalue weighted by Crippen LogP contribution is -2.12. The van der Waals surface area contributed by atoms with E-state index in [0.29, 0.717) is 11.3 Å². The van der Waals surface area contributed by atoms with Gasteiger partial charge in [0.15, 0.2) is 0 Å². The number of rotatable bonds is 5. The molecule has 6 nitrogen and oxygen atoms in total. The van der Waals surface area contributed by atoms with Crippen LogP contribution in [0.5, 0.6) is 0 Å². The molecule has 0 radical (unpaired) electrons. The highest BCUT2D eigenvalue weighted by atomic mass is 16.1. The van der Waals surface area contributed by atoms with Gasteiger partial charge in [0.25, 0.3) is 0 Å². The van der Waals surface area contributed by atoms with Crippen molar-refractivity contribution in [3.63, 3.8) is 0 Å². The van der Waals surface area contributed by atoms with Crippen LogP contribution in [0.15, 0.2) is 36.7 Å². The van der Waals surface area contributed by atoms with Crippen molar-refractivity contribution in [1.82, 2.24) is 9.78 Å². The number of carbonyl (C=O) groups excluding carboxylic acids is 1. The smallest absolute Gasteiger partial charge is 0.248 e. The van der Waals surface area contributed by atoms with Gasteiger partial charge in [-0.25, -0.2) is 0 Å². The number of aromatic nitrogens is 2. The summed E-state index contributed by atoms with van der Waals surface area (Å²) in [6.07, 6.45) is 3.39. The highest BCUT2D eigenvalue weighted by molar-refractivity contribution is 5.93. The van der Waals surface area contributed by atoms with E-state index in [0.717, 1.165) is 18.8 Å². The standard InChI is InChI=1S/C12H15N5O/c13-10-7-16-17(8-10)6-5-15-11-3-1-9(2-4-11)12(14)18/h1-4,7-8,15H,5-6,13H2,(H2,14,18). The Bertz CT molecular complexity index is 532. The summed E-state index contributed by atoms with van der Waals surface area (Å²) in [6.45, 7) is 1.44. The third-order valence-corrected chi connectivity index (χ3v) is 2.49. The lowest BCUT2D eigenvalue weighted by atomic mass is 10.2. The van der Waals surface area contributed by atoms with Crippen LogP contribution in [-0.2, 0) is 6.54 Å². The van der Waals surface area contributed by atoms with Crippen LogP contribution >= 0.6 is 0 Å². The average Bonchev–Trinajstić information content (AvgIpc) is 2.76. The van der Waals surface area contributed by atoms with E-state index in [1.165, 1.54) is 0 Å². The summed E-state index contributed by atoms with van der Waals surface area (Å²) < 4.78 is 1.76. The third kappa shape index (κ3) is 3.00. The second-order valence-electron chi connectivity index (χ2n) is 3.91. The Morgan fingerprint density at radius 3 is 2.61 bits per heavy atom. The van der Waals surface area contributed by atoms with Gasteiger partial charge < -0.3 is 16.8 Å². The van der Waals surface area contributed by atoms with E-state index < -0.39 is 5.91 Å². The number of hydrogen-bond donors (Lipinski definition) is 3. The van der Waals surface area contributed by atoms with Gasteiger partial charge in [0, 0.05) is 24.0 Å². The summed E-state index contributed by atoms with van der Waals surface area (Å²) in [5, 5.41) is 7.29. The Kier molecular flexibility index (Phi) is 3.47. The Morgan fingerprint density at radius 1 is 1.33 bits per heavy atom. The maximum absolute atomic E-state index is 10.9. The van der Waals surface area contributed by atoms with Crippen LogP contribution in [0.25, 0.3) is 0 Å². The van der Waals surface area contributed by atoms with Crippen LogP contribution in [0, 0.1) is 0 Å². The minimum Gasteiger partial charge on any atom is -0.396 e. The zero-order valence-electron chi connectivity index (χ0n) is 9.84. The van der Waals surface area contributed by atoms with Crippen LogP contribution in [0.3, 0.4) is 0 Å². The van der Waals surface area contributed by atoms with E-state index in [2.05, 4.69) is 10.4 Å². The molecule has 0 fully saturated rings. The molecule has 0 saturated carbocycles. The molecular formula is C12H15N5O. The van der Waals surface area contributed by atoms with E-state index in [1.807, 2.05) is 12.1 Å². The van der Waals surface area contributed by atoms with Crippen molar-refractivity contribution in [1.29, 1.82) is 0 Å².